The van der Waals surface area contributed by atoms with Gasteiger partial charge in [-0.1, -0.05) is 18.2 Å². The molecule has 3 heteroatoms. The van der Waals surface area contributed by atoms with Gasteiger partial charge in [-0.05, 0) is 41.9 Å². The SMILES string of the molecule is O=C(Cl)c1ccc2nc3ccccc3cc2c1. The average Bonchev–Trinajstić information content (AvgIpc) is 2.35. The number of carbonyl (C=O) groups is 1. The van der Waals surface area contributed by atoms with Crippen molar-refractivity contribution in [2.75, 3.05) is 0 Å². The third-order valence-corrected chi connectivity index (χ3v) is 2.96. The monoisotopic (exact) mass is 241 g/mol. The number of nitrogens with zero attached hydrogens (tertiary/aromatic N) is 1. The molecule has 0 radical (unpaired) electrons. The summed E-state index contributed by atoms with van der Waals surface area (Å²) in [5, 5.41) is 1.54. The van der Waals surface area contributed by atoms with Crippen LogP contribution in [0.15, 0.2) is 48.5 Å². The number of hydrogen-bond donors (Lipinski definition) is 0. The molecule has 1 aromatic heterocycles. The predicted molar refractivity (Wildman–Crippen MR) is 69.4 cm³/mol. The fourth-order valence-electron chi connectivity index (χ4n) is 1.90. The first-order valence-corrected chi connectivity index (χ1v) is 5.61. The van der Waals surface area contributed by atoms with Crippen molar-refractivity contribution < 1.29 is 4.79 Å². The molecular formula is C14H8ClNO. The Balaban J connectivity index is 2.36. The molecule has 1 heterocycles. The topological polar surface area (TPSA) is 30.0 Å². The molecule has 0 N–H and O–H groups in total. The largest absolute Gasteiger partial charge is 0.276 e. The Kier molecular flexibility index (Phi) is 2.30. The van der Waals surface area contributed by atoms with Crippen molar-refractivity contribution in [1.82, 2.24) is 4.98 Å². The summed E-state index contributed by atoms with van der Waals surface area (Å²) in [4.78, 5) is 15.6. The number of aromatic nitrogens is 1. The zero-order chi connectivity index (χ0) is 11.8. The summed E-state index contributed by atoms with van der Waals surface area (Å²) < 4.78 is 0. The van der Waals surface area contributed by atoms with Gasteiger partial charge in [-0.2, -0.15) is 0 Å². The van der Waals surface area contributed by atoms with Crippen molar-refractivity contribution in [3.05, 3.63) is 54.1 Å². The lowest BCUT2D eigenvalue weighted by Crippen LogP contribution is -1.89. The zero-order valence-corrected chi connectivity index (χ0v) is 9.61. The summed E-state index contributed by atoms with van der Waals surface area (Å²) in [5.41, 5.74) is 2.31. The number of pyridine rings is 1. The van der Waals surface area contributed by atoms with E-state index in [1.54, 1.807) is 12.1 Å². The number of benzene rings is 2. The smallest absolute Gasteiger partial charge is 0.252 e. The van der Waals surface area contributed by atoms with Gasteiger partial charge < -0.3 is 0 Å². The van der Waals surface area contributed by atoms with Gasteiger partial charge in [-0.15, -0.1) is 0 Å². The maximum absolute atomic E-state index is 11.1. The maximum atomic E-state index is 11.1. The summed E-state index contributed by atoms with van der Waals surface area (Å²) >= 11 is 5.46. The Labute approximate surface area is 103 Å². The lowest BCUT2D eigenvalue weighted by Gasteiger charge is -2.02. The quantitative estimate of drug-likeness (QED) is 0.480. The molecule has 0 bridgehead atoms. The van der Waals surface area contributed by atoms with Gasteiger partial charge >= 0.3 is 0 Å². The van der Waals surface area contributed by atoms with Crippen molar-refractivity contribution in [3.63, 3.8) is 0 Å². The van der Waals surface area contributed by atoms with E-state index in [9.17, 15) is 4.79 Å². The van der Waals surface area contributed by atoms with Crippen LogP contribution in [0.2, 0.25) is 0 Å². The van der Waals surface area contributed by atoms with E-state index in [1.165, 1.54) is 0 Å². The summed E-state index contributed by atoms with van der Waals surface area (Å²) in [6.45, 7) is 0. The van der Waals surface area contributed by atoms with Crippen molar-refractivity contribution in [3.8, 4) is 0 Å². The van der Waals surface area contributed by atoms with Crippen molar-refractivity contribution >= 4 is 38.6 Å². The van der Waals surface area contributed by atoms with Crippen LogP contribution in [0.25, 0.3) is 21.8 Å². The molecule has 2 nitrogen and oxygen atoms in total. The highest BCUT2D eigenvalue weighted by Crippen LogP contribution is 2.21. The summed E-state index contributed by atoms with van der Waals surface area (Å²) in [6, 6.07) is 15.2. The van der Waals surface area contributed by atoms with Gasteiger partial charge in [0.15, 0.2) is 0 Å². The standard InChI is InChI=1S/C14H8ClNO/c15-14(17)10-5-6-13-11(8-10)7-9-3-1-2-4-12(9)16-13/h1-8H. The van der Waals surface area contributed by atoms with E-state index < -0.39 is 5.24 Å². The van der Waals surface area contributed by atoms with Crippen LogP contribution in [-0.4, -0.2) is 10.2 Å². The minimum atomic E-state index is -0.444. The first kappa shape index (κ1) is 10.2. The summed E-state index contributed by atoms with van der Waals surface area (Å²) in [7, 11) is 0. The third kappa shape index (κ3) is 1.77. The van der Waals surface area contributed by atoms with Crippen molar-refractivity contribution in [2.24, 2.45) is 0 Å². The van der Waals surface area contributed by atoms with E-state index in [-0.39, 0.29) is 0 Å². The molecule has 0 spiro atoms. The second-order valence-electron chi connectivity index (χ2n) is 3.86. The van der Waals surface area contributed by atoms with Crippen LogP contribution in [0.1, 0.15) is 10.4 Å². The van der Waals surface area contributed by atoms with E-state index in [0.717, 1.165) is 21.8 Å². The van der Waals surface area contributed by atoms with E-state index in [1.807, 2.05) is 36.4 Å². The van der Waals surface area contributed by atoms with Gasteiger partial charge in [0.2, 0.25) is 0 Å². The van der Waals surface area contributed by atoms with E-state index in [2.05, 4.69) is 4.98 Å². The summed E-state index contributed by atoms with van der Waals surface area (Å²) in [6.07, 6.45) is 0. The van der Waals surface area contributed by atoms with Gasteiger partial charge in [-0.3, -0.25) is 4.79 Å². The Morgan fingerprint density at radius 2 is 1.71 bits per heavy atom. The van der Waals surface area contributed by atoms with Crippen molar-refractivity contribution in [1.29, 1.82) is 0 Å². The Morgan fingerprint density at radius 1 is 0.941 bits per heavy atom. The molecule has 0 saturated carbocycles. The molecule has 0 unspecified atom stereocenters. The zero-order valence-electron chi connectivity index (χ0n) is 8.85. The molecule has 0 fully saturated rings. The van der Waals surface area contributed by atoms with E-state index >= 15 is 0 Å². The minimum absolute atomic E-state index is 0.444. The molecule has 0 saturated heterocycles. The van der Waals surface area contributed by atoms with Crippen LogP contribution in [0.4, 0.5) is 0 Å². The van der Waals surface area contributed by atoms with Crippen LogP contribution < -0.4 is 0 Å². The highest BCUT2D eigenvalue weighted by atomic mass is 35.5. The Bertz CT molecular complexity index is 736. The highest BCUT2D eigenvalue weighted by Gasteiger charge is 2.04. The van der Waals surface area contributed by atoms with Crippen LogP contribution in [0.5, 0.6) is 0 Å². The second-order valence-corrected chi connectivity index (χ2v) is 4.21. The highest BCUT2D eigenvalue weighted by molar-refractivity contribution is 6.67. The average molecular weight is 242 g/mol. The van der Waals surface area contributed by atoms with Crippen molar-refractivity contribution in [2.45, 2.75) is 0 Å². The first-order chi connectivity index (χ1) is 8.24. The van der Waals surface area contributed by atoms with E-state index in [4.69, 9.17) is 11.6 Å². The predicted octanol–water partition coefficient (Wildman–Crippen LogP) is 3.77. The molecule has 0 aliphatic rings. The lowest BCUT2D eigenvalue weighted by molar-refractivity contribution is 0.108. The Hall–Kier alpha value is -1.93. The molecule has 0 aliphatic carbocycles. The molecule has 0 aliphatic heterocycles. The Morgan fingerprint density at radius 3 is 2.53 bits per heavy atom. The normalized spacial score (nSPS) is 10.9. The van der Waals surface area contributed by atoms with Crippen LogP contribution in [0.3, 0.4) is 0 Å². The lowest BCUT2D eigenvalue weighted by atomic mass is 10.1. The molecule has 3 rings (SSSR count). The molecule has 2 aromatic carbocycles. The molecular weight excluding hydrogens is 234 g/mol. The molecule has 3 aromatic rings. The van der Waals surface area contributed by atoms with Gasteiger partial charge in [0.05, 0.1) is 11.0 Å². The number of para-hydroxylation sites is 1. The van der Waals surface area contributed by atoms with Gasteiger partial charge in [0, 0.05) is 16.3 Å². The van der Waals surface area contributed by atoms with E-state index in [0.29, 0.717) is 5.56 Å². The number of fused-ring (bicyclic) bond motifs is 2. The number of rotatable bonds is 1. The first-order valence-electron chi connectivity index (χ1n) is 5.23. The molecule has 0 amide bonds. The molecule has 82 valence electrons. The van der Waals surface area contributed by atoms with Gasteiger partial charge in [0.1, 0.15) is 0 Å². The summed E-state index contributed by atoms with van der Waals surface area (Å²) in [5.74, 6) is 0. The second kappa shape index (κ2) is 3.82. The minimum Gasteiger partial charge on any atom is -0.276 e. The number of halogens is 1. The molecule has 0 atom stereocenters. The fraction of sp³-hybridized carbons (Fsp3) is 0. The fourth-order valence-corrected chi connectivity index (χ4v) is 2.02. The third-order valence-electron chi connectivity index (χ3n) is 2.74. The van der Waals surface area contributed by atoms with Gasteiger partial charge in [0.25, 0.3) is 5.24 Å². The van der Waals surface area contributed by atoms with Crippen LogP contribution in [0, 0.1) is 0 Å². The van der Waals surface area contributed by atoms with Crippen LogP contribution in [-0.2, 0) is 0 Å². The number of hydrogen-bond acceptors (Lipinski definition) is 2. The van der Waals surface area contributed by atoms with Crippen LogP contribution >= 0.6 is 11.6 Å². The number of carbonyl (C=O) groups excluding carboxylic acids is 1. The van der Waals surface area contributed by atoms with Gasteiger partial charge in [-0.25, -0.2) is 4.98 Å². The molecule has 17 heavy (non-hydrogen) atoms. The maximum Gasteiger partial charge on any atom is 0.252 e.